The van der Waals surface area contributed by atoms with Crippen molar-refractivity contribution in [2.24, 2.45) is 0 Å². The van der Waals surface area contributed by atoms with Crippen LogP contribution in [-0.2, 0) is 6.54 Å². The molecule has 0 aliphatic carbocycles. The predicted octanol–water partition coefficient (Wildman–Crippen LogP) is -0.901. The maximum Gasteiger partial charge on any atom is 0.159 e. The molecule has 0 spiro atoms. The fourth-order valence-corrected chi connectivity index (χ4v) is 1.39. The number of quaternary nitrogens is 1. The van der Waals surface area contributed by atoms with E-state index < -0.39 is 0 Å². The first kappa shape index (κ1) is 14.3. The van der Waals surface area contributed by atoms with Crippen LogP contribution in [0.1, 0.15) is 22.8 Å². The number of ketones is 1. The van der Waals surface area contributed by atoms with E-state index in [4.69, 9.17) is 0 Å². The standard InChI is InChI=1S/C12H18NO.BrH/c1-10(14)12-7-5-11(6-8-12)9-13(2,3)4;/h5-8H,9H2,1-4H3;1H/q+1;/p-1. The van der Waals surface area contributed by atoms with Crippen LogP contribution >= 0.6 is 0 Å². The smallest absolute Gasteiger partial charge is 0.159 e. The lowest BCUT2D eigenvalue weighted by atomic mass is 10.1. The second-order valence-electron chi connectivity index (χ2n) is 4.70. The molecular formula is C12H18BrNO. The van der Waals surface area contributed by atoms with Gasteiger partial charge in [0.05, 0.1) is 21.1 Å². The van der Waals surface area contributed by atoms with Crippen molar-refractivity contribution in [1.82, 2.24) is 0 Å². The zero-order valence-corrected chi connectivity index (χ0v) is 11.3. The second-order valence-corrected chi connectivity index (χ2v) is 4.70. The summed E-state index contributed by atoms with van der Waals surface area (Å²) in [4.78, 5) is 11.0. The van der Waals surface area contributed by atoms with E-state index >= 15 is 0 Å². The van der Waals surface area contributed by atoms with E-state index in [1.807, 2.05) is 24.3 Å². The van der Waals surface area contributed by atoms with Gasteiger partial charge >= 0.3 is 0 Å². The normalized spacial score (nSPS) is 10.7. The number of halogens is 1. The number of nitrogens with zero attached hydrogens (tertiary/aromatic N) is 1. The van der Waals surface area contributed by atoms with Gasteiger partial charge in [-0.05, 0) is 6.92 Å². The van der Waals surface area contributed by atoms with Crippen LogP contribution < -0.4 is 17.0 Å². The number of hydrogen-bond donors (Lipinski definition) is 0. The second kappa shape index (κ2) is 5.42. The molecule has 3 heteroatoms. The predicted molar refractivity (Wildman–Crippen MR) is 58.2 cm³/mol. The number of carbonyl (C=O) groups is 1. The molecule has 0 heterocycles. The van der Waals surface area contributed by atoms with Crippen LogP contribution in [0.4, 0.5) is 0 Å². The van der Waals surface area contributed by atoms with E-state index in [1.165, 1.54) is 5.56 Å². The molecule has 0 N–H and O–H groups in total. The first-order valence-electron chi connectivity index (χ1n) is 4.79. The van der Waals surface area contributed by atoms with Crippen molar-refractivity contribution in [2.45, 2.75) is 13.5 Å². The maximum atomic E-state index is 11.0. The van der Waals surface area contributed by atoms with Crippen molar-refractivity contribution in [3.05, 3.63) is 35.4 Å². The van der Waals surface area contributed by atoms with Crippen molar-refractivity contribution in [1.29, 1.82) is 0 Å². The minimum atomic E-state index is 0. The Balaban J connectivity index is 0.00000196. The van der Waals surface area contributed by atoms with Gasteiger partial charge in [0.1, 0.15) is 6.54 Å². The first-order chi connectivity index (χ1) is 6.38. The summed E-state index contributed by atoms with van der Waals surface area (Å²) in [6, 6.07) is 7.85. The molecule has 15 heavy (non-hydrogen) atoms. The Kier molecular flexibility index (Phi) is 5.18. The molecule has 0 saturated carbocycles. The van der Waals surface area contributed by atoms with E-state index in [1.54, 1.807) is 6.92 Å². The lowest BCUT2D eigenvalue weighted by Gasteiger charge is -2.23. The molecule has 0 amide bonds. The lowest BCUT2D eigenvalue weighted by Crippen LogP contribution is -3.00. The van der Waals surface area contributed by atoms with E-state index in [0.29, 0.717) is 0 Å². The topological polar surface area (TPSA) is 17.1 Å². The van der Waals surface area contributed by atoms with Crippen molar-refractivity contribution in [2.75, 3.05) is 21.1 Å². The summed E-state index contributed by atoms with van der Waals surface area (Å²) in [5.74, 6) is 0.127. The molecule has 1 rings (SSSR count). The Morgan fingerprint density at radius 3 is 1.93 bits per heavy atom. The van der Waals surface area contributed by atoms with Gasteiger partial charge in [0.2, 0.25) is 0 Å². The van der Waals surface area contributed by atoms with Crippen molar-refractivity contribution in [3.63, 3.8) is 0 Å². The summed E-state index contributed by atoms with van der Waals surface area (Å²) in [5, 5.41) is 0. The minimum Gasteiger partial charge on any atom is -1.00 e. The van der Waals surface area contributed by atoms with Crippen LogP contribution in [0, 0.1) is 0 Å². The maximum absolute atomic E-state index is 11.0. The SMILES string of the molecule is CC(=O)c1ccc(C[N+](C)(C)C)cc1.[Br-]. The number of carbonyl (C=O) groups excluding carboxylic acids is 1. The van der Waals surface area contributed by atoms with Gasteiger partial charge in [0, 0.05) is 11.1 Å². The Bertz CT molecular complexity index is 324. The van der Waals surface area contributed by atoms with Crippen LogP contribution in [0.2, 0.25) is 0 Å². The average Bonchev–Trinajstić information content (AvgIpc) is 2.02. The quantitative estimate of drug-likeness (QED) is 0.515. The van der Waals surface area contributed by atoms with Gasteiger partial charge in [-0.1, -0.05) is 24.3 Å². The molecule has 0 aliphatic heterocycles. The van der Waals surface area contributed by atoms with Crippen LogP contribution in [-0.4, -0.2) is 31.4 Å². The summed E-state index contributed by atoms with van der Waals surface area (Å²) < 4.78 is 0.902. The van der Waals surface area contributed by atoms with Crippen LogP contribution in [0.15, 0.2) is 24.3 Å². The number of rotatable bonds is 3. The molecule has 0 fully saturated rings. The number of benzene rings is 1. The molecule has 0 radical (unpaired) electrons. The highest BCUT2D eigenvalue weighted by Gasteiger charge is 2.08. The highest BCUT2D eigenvalue weighted by atomic mass is 79.9. The fraction of sp³-hybridized carbons (Fsp3) is 0.417. The molecule has 1 aromatic rings. The van der Waals surface area contributed by atoms with Gasteiger partial charge in [-0.3, -0.25) is 4.79 Å². The Labute approximate surface area is 102 Å². The van der Waals surface area contributed by atoms with E-state index in [2.05, 4.69) is 21.1 Å². The fourth-order valence-electron chi connectivity index (χ4n) is 1.39. The third-order valence-corrected chi connectivity index (χ3v) is 2.02. The van der Waals surface area contributed by atoms with Gasteiger partial charge in [-0.15, -0.1) is 0 Å². The molecule has 0 bridgehead atoms. The van der Waals surface area contributed by atoms with Crippen LogP contribution in [0.25, 0.3) is 0 Å². The molecule has 2 nitrogen and oxygen atoms in total. The lowest BCUT2D eigenvalue weighted by molar-refractivity contribution is -0.884. The third kappa shape index (κ3) is 5.09. The molecule has 0 aromatic heterocycles. The summed E-state index contributed by atoms with van der Waals surface area (Å²) in [5.41, 5.74) is 2.05. The van der Waals surface area contributed by atoms with Gasteiger partial charge in [-0.2, -0.15) is 0 Å². The highest BCUT2D eigenvalue weighted by molar-refractivity contribution is 5.93. The van der Waals surface area contributed by atoms with Crippen molar-refractivity contribution < 1.29 is 26.3 Å². The van der Waals surface area contributed by atoms with Gasteiger partial charge in [0.15, 0.2) is 5.78 Å². The summed E-state index contributed by atoms with van der Waals surface area (Å²) in [6.07, 6.45) is 0. The van der Waals surface area contributed by atoms with Gasteiger partial charge < -0.3 is 21.5 Å². The van der Waals surface area contributed by atoms with Crippen LogP contribution in [0.5, 0.6) is 0 Å². The molecule has 0 aliphatic rings. The van der Waals surface area contributed by atoms with Crippen LogP contribution in [0.3, 0.4) is 0 Å². The summed E-state index contributed by atoms with van der Waals surface area (Å²) >= 11 is 0. The Morgan fingerprint density at radius 1 is 1.13 bits per heavy atom. The molecule has 0 unspecified atom stereocenters. The zero-order chi connectivity index (χ0) is 10.8. The number of Topliss-reactive ketones (excluding diaryl/α,β-unsaturated/α-hetero) is 1. The van der Waals surface area contributed by atoms with E-state index in [0.717, 1.165) is 16.6 Å². The number of hydrogen-bond acceptors (Lipinski definition) is 1. The molecule has 0 atom stereocenters. The summed E-state index contributed by atoms with van der Waals surface area (Å²) in [7, 11) is 6.46. The highest BCUT2D eigenvalue weighted by Crippen LogP contribution is 2.09. The summed E-state index contributed by atoms with van der Waals surface area (Å²) in [6.45, 7) is 2.58. The van der Waals surface area contributed by atoms with E-state index in [9.17, 15) is 4.79 Å². The van der Waals surface area contributed by atoms with E-state index in [-0.39, 0.29) is 22.8 Å². The van der Waals surface area contributed by atoms with Gasteiger partial charge in [-0.25, -0.2) is 0 Å². The molecule has 84 valence electrons. The monoisotopic (exact) mass is 271 g/mol. The first-order valence-corrected chi connectivity index (χ1v) is 4.79. The minimum absolute atomic E-state index is 0. The average molecular weight is 272 g/mol. The largest absolute Gasteiger partial charge is 1.00 e. The third-order valence-electron chi connectivity index (χ3n) is 2.02. The zero-order valence-electron chi connectivity index (χ0n) is 9.75. The van der Waals surface area contributed by atoms with Gasteiger partial charge in [0.25, 0.3) is 0 Å². The van der Waals surface area contributed by atoms with Crippen molar-refractivity contribution >= 4 is 5.78 Å². The molecular weight excluding hydrogens is 254 g/mol. The Hall–Kier alpha value is -0.670. The van der Waals surface area contributed by atoms with Crippen molar-refractivity contribution in [3.8, 4) is 0 Å². The molecule has 1 aromatic carbocycles. The Morgan fingerprint density at radius 2 is 1.60 bits per heavy atom. The molecule has 0 saturated heterocycles.